The van der Waals surface area contributed by atoms with E-state index in [4.69, 9.17) is 22.7 Å². The largest absolute Gasteiger partial charge is 0.389 e. The molecule has 106 valence electrons. The van der Waals surface area contributed by atoms with Gasteiger partial charge in [-0.1, -0.05) is 19.1 Å². The van der Waals surface area contributed by atoms with Crippen LogP contribution in [-0.2, 0) is 17.9 Å². The van der Waals surface area contributed by atoms with Gasteiger partial charge in [-0.25, -0.2) is 4.98 Å². The Kier molecular flexibility index (Phi) is 5.27. The minimum atomic E-state index is 0.420. The van der Waals surface area contributed by atoms with Crippen LogP contribution in [0.2, 0.25) is 0 Å². The highest BCUT2D eigenvalue weighted by atomic mass is 32.1. The highest BCUT2D eigenvalue weighted by Gasteiger charge is 2.19. The predicted molar refractivity (Wildman–Crippen MR) is 82.4 cm³/mol. The molecule has 0 saturated carbocycles. The first-order valence-electron chi connectivity index (χ1n) is 6.59. The molecule has 6 heteroatoms. The summed E-state index contributed by atoms with van der Waals surface area (Å²) in [6.07, 6.45) is 2.55. The summed E-state index contributed by atoms with van der Waals surface area (Å²) in [5.74, 6) is 0.851. The molecule has 1 aromatic rings. The van der Waals surface area contributed by atoms with Gasteiger partial charge in [0.2, 0.25) is 0 Å². The van der Waals surface area contributed by atoms with E-state index in [-0.39, 0.29) is 0 Å². The second-order valence-electron chi connectivity index (χ2n) is 5.14. The average Bonchev–Trinajstić information content (AvgIpc) is 2.76. The lowest BCUT2D eigenvalue weighted by atomic mass is 9.99. The van der Waals surface area contributed by atoms with Gasteiger partial charge in [0, 0.05) is 7.11 Å². The number of methoxy groups -OCH3 is 1. The van der Waals surface area contributed by atoms with E-state index >= 15 is 0 Å². The molecule has 0 atom stereocenters. The molecular weight excluding hydrogens is 278 g/mol. The quantitative estimate of drug-likeness (QED) is 0.844. The smallest absolute Gasteiger partial charge is 0.116 e. The van der Waals surface area contributed by atoms with Crippen LogP contribution >= 0.6 is 23.6 Å². The van der Waals surface area contributed by atoms with E-state index in [1.165, 1.54) is 12.8 Å². The fourth-order valence-electron chi connectivity index (χ4n) is 2.31. The molecule has 0 unspecified atom stereocenters. The average molecular weight is 299 g/mol. The number of thiazole rings is 1. The van der Waals surface area contributed by atoms with E-state index in [0.717, 1.165) is 41.1 Å². The second kappa shape index (κ2) is 6.74. The Labute approximate surface area is 124 Å². The maximum atomic E-state index is 5.74. The molecule has 0 bridgehead atoms. The third-order valence-corrected chi connectivity index (χ3v) is 4.93. The van der Waals surface area contributed by atoms with Gasteiger partial charge in [0.15, 0.2) is 0 Å². The van der Waals surface area contributed by atoms with Crippen LogP contribution in [0.1, 0.15) is 35.3 Å². The van der Waals surface area contributed by atoms with Gasteiger partial charge in [-0.15, -0.1) is 11.3 Å². The van der Waals surface area contributed by atoms with Crippen LogP contribution in [0.4, 0.5) is 0 Å². The van der Waals surface area contributed by atoms with Gasteiger partial charge in [0.1, 0.15) is 10.00 Å². The zero-order chi connectivity index (χ0) is 13.8. The van der Waals surface area contributed by atoms with Gasteiger partial charge in [-0.05, 0) is 31.8 Å². The Morgan fingerprint density at radius 1 is 1.53 bits per heavy atom. The number of ether oxygens (including phenoxy) is 1. The molecule has 1 aliphatic rings. The molecular formula is C13H21N3OS2. The summed E-state index contributed by atoms with van der Waals surface area (Å²) in [5.41, 5.74) is 6.62. The molecule has 1 aromatic heterocycles. The number of thiocarbonyl (C=S) groups is 1. The molecule has 4 nitrogen and oxygen atoms in total. The van der Waals surface area contributed by atoms with Crippen LogP contribution in [0.25, 0.3) is 0 Å². The molecule has 2 heterocycles. The first-order chi connectivity index (χ1) is 9.10. The van der Waals surface area contributed by atoms with Gasteiger partial charge in [-0.2, -0.15) is 0 Å². The Morgan fingerprint density at radius 2 is 2.21 bits per heavy atom. The topological polar surface area (TPSA) is 51.4 Å². The number of rotatable bonds is 5. The molecule has 0 aromatic carbocycles. The zero-order valence-corrected chi connectivity index (χ0v) is 13.1. The minimum absolute atomic E-state index is 0.420. The summed E-state index contributed by atoms with van der Waals surface area (Å²) in [6, 6.07) is 0. The van der Waals surface area contributed by atoms with Crippen molar-refractivity contribution in [2.75, 3.05) is 20.2 Å². The summed E-state index contributed by atoms with van der Waals surface area (Å²) >= 11 is 6.68. The van der Waals surface area contributed by atoms with Crippen LogP contribution in [0.15, 0.2) is 0 Å². The van der Waals surface area contributed by atoms with Gasteiger partial charge >= 0.3 is 0 Å². The van der Waals surface area contributed by atoms with Gasteiger partial charge in [0.05, 0.1) is 23.7 Å². The van der Waals surface area contributed by atoms with Crippen molar-refractivity contribution in [3.05, 3.63) is 15.6 Å². The molecule has 2 N–H and O–H groups in total. The molecule has 0 radical (unpaired) electrons. The van der Waals surface area contributed by atoms with E-state index in [1.807, 2.05) is 0 Å². The Balaban J connectivity index is 2.04. The van der Waals surface area contributed by atoms with Gasteiger partial charge in [0.25, 0.3) is 0 Å². The third-order valence-electron chi connectivity index (χ3n) is 3.48. The highest BCUT2D eigenvalue weighted by molar-refractivity contribution is 7.81. The number of piperidine rings is 1. The lowest BCUT2D eigenvalue weighted by molar-refractivity contribution is 0.178. The van der Waals surface area contributed by atoms with Crippen molar-refractivity contribution >= 4 is 28.5 Å². The second-order valence-corrected chi connectivity index (χ2v) is 6.66. The molecule has 19 heavy (non-hydrogen) atoms. The molecule has 2 rings (SSSR count). The summed E-state index contributed by atoms with van der Waals surface area (Å²) in [6.45, 7) is 6.00. The van der Waals surface area contributed by atoms with Crippen LogP contribution < -0.4 is 5.73 Å². The van der Waals surface area contributed by atoms with Crippen molar-refractivity contribution in [3.8, 4) is 0 Å². The molecule has 0 amide bonds. The van der Waals surface area contributed by atoms with Crippen molar-refractivity contribution in [1.82, 2.24) is 9.88 Å². The minimum Gasteiger partial charge on any atom is -0.389 e. The SMILES string of the molecule is COCc1nc(CN2CCC(C)CC2)sc1C(N)=S. The number of nitrogens with zero attached hydrogens (tertiary/aromatic N) is 2. The zero-order valence-electron chi connectivity index (χ0n) is 11.5. The summed E-state index contributed by atoms with van der Waals surface area (Å²) in [5, 5.41) is 1.09. The van der Waals surface area contributed by atoms with E-state index in [2.05, 4.69) is 16.8 Å². The number of hydrogen-bond acceptors (Lipinski definition) is 5. The number of hydrogen-bond donors (Lipinski definition) is 1. The molecule has 1 aliphatic heterocycles. The van der Waals surface area contributed by atoms with E-state index in [1.54, 1.807) is 18.4 Å². The van der Waals surface area contributed by atoms with Crippen LogP contribution in [-0.4, -0.2) is 35.1 Å². The summed E-state index contributed by atoms with van der Waals surface area (Å²) in [7, 11) is 1.66. The Hall–Kier alpha value is -0.560. The van der Waals surface area contributed by atoms with Crippen molar-refractivity contribution in [2.24, 2.45) is 11.7 Å². The molecule has 0 spiro atoms. The third kappa shape index (κ3) is 3.95. The van der Waals surface area contributed by atoms with E-state index in [9.17, 15) is 0 Å². The summed E-state index contributed by atoms with van der Waals surface area (Å²) < 4.78 is 5.15. The number of aromatic nitrogens is 1. The predicted octanol–water partition coefficient (Wildman–Crippen LogP) is 2.16. The lowest BCUT2D eigenvalue weighted by Gasteiger charge is -2.29. The van der Waals surface area contributed by atoms with Gasteiger partial charge < -0.3 is 10.5 Å². The van der Waals surface area contributed by atoms with Crippen LogP contribution in [0, 0.1) is 5.92 Å². The van der Waals surface area contributed by atoms with Crippen molar-refractivity contribution in [3.63, 3.8) is 0 Å². The molecule has 0 aliphatic carbocycles. The normalized spacial score (nSPS) is 17.8. The maximum Gasteiger partial charge on any atom is 0.116 e. The fourth-order valence-corrected chi connectivity index (χ4v) is 3.51. The van der Waals surface area contributed by atoms with Crippen molar-refractivity contribution in [1.29, 1.82) is 0 Å². The highest BCUT2D eigenvalue weighted by Crippen LogP contribution is 2.23. The van der Waals surface area contributed by atoms with E-state index < -0.39 is 0 Å². The fraction of sp³-hybridized carbons (Fsp3) is 0.692. The molecule has 1 fully saturated rings. The standard InChI is InChI=1S/C13H21N3OS2/c1-9-3-5-16(6-4-9)7-11-15-10(8-17-2)12(19-11)13(14)18/h9H,3-8H2,1-2H3,(H2,14,18). The summed E-state index contributed by atoms with van der Waals surface area (Å²) in [4.78, 5) is 8.40. The van der Waals surface area contributed by atoms with Crippen molar-refractivity contribution in [2.45, 2.75) is 32.9 Å². The monoisotopic (exact) mass is 299 g/mol. The van der Waals surface area contributed by atoms with Gasteiger partial charge in [-0.3, -0.25) is 4.90 Å². The Bertz CT molecular complexity index is 439. The lowest BCUT2D eigenvalue weighted by Crippen LogP contribution is -2.32. The van der Waals surface area contributed by atoms with Crippen LogP contribution in [0.5, 0.6) is 0 Å². The van der Waals surface area contributed by atoms with Crippen LogP contribution in [0.3, 0.4) is 0 Å². The van der Waals surface area contributed by atoms with Crippen molar-refractivity contribution < 1.29 is 4.74 Å². The number of likely N-dealkylation sites (tertiary alicyclic amines) is 1. The molecule has 1 saturated heterocycles. The van der Waals surface area contributed by atoms with E-state index in [0.29, 0.717) is 11.6 Å². The first-order valence-corrected chi connectivity index (χ1v) is 7.82. The maximum absolute atomic E-state index is 5.74. The number of nitrogens with two attached hydrogens (primary N) is 1. The Morgan fingerprint density at radius 3 is 2.79 bits per heavy atom. The first kappa shape index (κ1) is 14.8.